The summed E-state index contributed by atoms with van der Waals surface area (Å²) in [4.78, 5) is 41.0. The molecule has 154 valence electrons. The van der Waals surface area contributed by atoms with Gasteiger partial charge in [0.2, 0.25) is 5.78 Å². The number of methoxy groups -OCH3 is 1. The van der Waals surface area contributed by atoms with Crippen LogP contribution in [0, 0.1) is 13.8 Å². The van der Waals surface area contributed by atoms with E-state index in [9.17, 15) is 14.4 Å². The van der Waals surface area contributed by atoms with E-state index in [0.717, 1.165) is 16.3 Å². The molecule has 8 nitrogen and oxygen atoms in total. The molecule has 0 radical (unpaired) electrons. The third-order valence-electron chi connectivity index (χ3n) is 4.70. The standard InChI is InChI=1S/C20H23N3O5S/c1-13-9-16(14(2)23(13)6-4-5-18(25)27-3)17(24)12-28-19(26)10-15-11-22-7-8-29-20(22)21-15/h7-9,11H,4-6,10,12H2,1-3H3. The molecule has 0 amide bonds. The minimum absolute atomic E-state index is 0.0221. The Morgan fingerprint density at radius 3 is 2.72 bits per heavy atom. The summed E-state index contributed by atoms with van der Waals surface area (Å²) in [5, 5.41) is 1.91. The van der Waals surface area contributed by atoms with Gasteiger partial charge in [-0.15, -0.1) is 11.3 Å². The van der Waals surface area contributed by atoms with Gasteiger partial charge in [-0.05, 0) is 26.3 Å². The van der Waals surface area contributed by atoms with Gasteiger partial charge in [0.25, 0.3) is 0 Å². The first-order chi connectivity index (χ1) is 13.9. The number of hydrogen-bond donors (Lipinski definition) is 0. The zero-order valence-corrected chi connectivity index (χ0v) is 17.5. The predicted octanol–water partition coefficient (Wildman–Crippen LogP) is 2.74. The third kappa shape index (κ3) is 4.92. The Labute approximate surface area is 172 Å². The minimum Gasteiger partial charge on any atom is -0.469 e. The van der Waals surface area contributed by atoms with E-state index in [4.69, 9.17) is 4.74 Å². The van der Waals surface area contributed by atoms with Crippen molar-refractivity contribution in [1.82, 2.24) is 14.0 Å². The van der Waals surface area contributed by atoms with Crippen LogP contribution in [0.2, 0.25) is 0 Å². The average Bonchev–Trinajstić information content (AvgIpc) is 3.35. The summed E-state index contributed by atoms with van der Waals surface area (Å²) in [7, 11) is 1.36. The molecule has 0 saturated heterocycles. The smallest absolute Gasteiger partial charge is 0.312 e. The predicted molar refractivity (Wildman–Crippen MR) is 107 cm³/mol. The van der Waals surface area contributed by atoms with Crippen molar-refractivity contribution in [3.8, 4) is 0 Å². The molecule has 0 fully saturated rings. The van der Waals surface area contributed by atoms with Crippen LogP contribution in [-0.2, 0) is 32.0 Å². The highest BCUT2D eigenvalue weighted by Gasteiger charge is 2.18. The van der Waals surface area contributed by atoms with Gasteiger partial charge in [-0.1, -0.05) is 0 Å². The fourth-order valence-electron chi connectivity index (χ4n) is 3.20. The fourth-order valence-corrected chi connectivity index (χ4v) is 3.91. The van der Waals surface area contributed by atoms with Crippen LogP contribution in [0.4, 0.5) is 0 Å². The molecule has 0 aliphatic heterocycles. The number of imidazole rings is 1. The maximum atomic E-state index is 12.5. The van der Waals surface area contributed by atoms with Crippen LogP contribution in [0.15, 0.2) is 23.8 Å². The van der Waals surface area contributed by atoms with E-state index in [1.165, 1.54) is 18.4 Å². The summed E-state index contributed by atoms with van der Waals surface area (Å²) in [5.74, 6) is -0.999. The Morgan fingerprint density at radius 1 is 1.21 bits per heavy atom. The molecule has 0 bridgehead atoms. The minimum atomic E-state index is -0.490. The molecule has 0 aliphatic carbocycles. The first-order valence-electron chi connectivity index (χ1n) is 9.22. The van der Waals surface area contributed by atoms with Gasteiger partial charge in [-0.3, -0.25) is 18.8 Å². The summed E-state index contributed by atoms with van der Waals surface area (Å²) < 4.78 is 13.6. The molecule has 29 heavy (non-hydrogen) atoms. The topological polar surface area (TPSA) is 91.9 Å². The van der Waals surface area contributed by atoms with E-state index in [1.54, 1.807) is 12.3 Å². The molecular weight excluding hydrogens is 394 g/mol. The van der Waals surface area contributed by atoms with E-state index in [-0.39, 0.29) is 24.8 Å². The Hall–Kier alpha value is -2.94. The Kier molecular flexibility index (Phi) is 6.48. The number of rotatable bonds is 9. The van der Waals surface area contributed by atoms with E-state index >= 15 is 0 Å². The average molecular weight is 417 g/mol. The third-order valence-corrected chi connectivity index (χ3v) is 5.47. The maximum Gasteiger partial charge on any atom is 0.312 e. The van der Waals surface area contributed by atoms with Gasteiger partial charge in [0.05, 0.1) is 19.2 Å². The largest absolute Gasteiger partial charge is 0.469 e. The lowest BCUT2D eigenvalue weighted by molar-refractivity contribution is -0.142. The number of Topliss-reactive ketones (excluding diaryl/α,β-unsaturated/α-hetero) is 1. The molecule has 0 unspecified atom stereocenters. The summed E-state index contributed by atoms with van der Waals surface area (Å²) in [6, 6.07) is 1.78. The fraction of sp³-hybridized carbons (Fsp3) is 0.400. The normalized spacial score (nSPS) is 11.0. The Bertz CT molecular complexity index is 1020. The van der Waals surface area contributed by atoms with Crippen LogP contribution in [0.5, 0.6) is 0 Å². The second kappa shape index (κ2) is 9.04. The van der Waals surface area contributed by atoms with Crippen LogP contribution in [0.25, 0.3) is 4.96 Å². The number of ether oxygens (including phenoxy) is 2. The van der Waals surface area contributed by atoms with Crippen molar-refractivity contribution in [2.75, 3.05) is 13.7 Å². The maximum absolute atomic E-state index is 12.5. The Balaban J connectivity index is 1.54. The van der Waals surface area contributed by atoms with Crippen molar-refractivity contribution >= 4 is 34.0 Å². The molecule has 9 heteroatoms. The second-order valence-corrected chi connectivity index (χ2v) is 7.57. The van der Waals surface area contributed by atoms with Gasteiger partial charge in [0, 0.05) is 47.7 Å². The van der Waals surface area contributed by atoms with Crippen LogP contribution >= 0.6 is 11.3 Å². The number of aromatic nitrogens is 3. The van der Waals surface area contributed by atoms with E-state index in [0.29, 0.717) is 30.6 Å². The molecule has 0 spiro atoms. The van der Waals surface area contributed by atoms with Crippen molar-refractivity contribution in [3.05, 3.63) is 46.5 Å². The zero-order chi connectivity index (χ0) is 21.0. The van der Waals surface area contributed by atoms with Crippen molar-refractivity contribution in [2.24, 2.45) is 0 Å². The van der Waals surface area contributed by atoms with Crippen molar-refractivity contribution in [2.45, 2.75) is 39.7 Å². The Morgan fingerprint density at radius 2 is 2.00 bits per heavy atom. The van der Waals surface area contributed by atoms with Gasteiger partial charge in [0.15, 0.2) is 11.6 Å². The number of fused-ring (bicyclic) bond motifs is 1. The van der Waals surface area contributed by atoms with Crippen molar-refractivity contribution in [3.63, 3.8) is 0 Å². The van der Waals surface area contributed by atoms with Gasteiger partial charge in [-0.2, -0.15) is 0 Å². The van der Waals surface area contributed by atoms with Gasteiger partial charge >= 0.3 is 11.9 Å². The quantitative estimate of drug-likeness (QED) is 0.393. The first kappa shape index (κ1) is 20.8. The summed E-state index contributed by atoms with van der Waals surface area (Å²) in [6.07, 6.45) is 4.60. The number of aryl methyl sites for hydroxylation is 1. The lowest BCUT2D eigenvalue weighted by Gasteiger charge is -2.09. The van der Waals surface area contributed by atoms with Crippen LogP contribution in [-0.4, -0.2) is 45.4 Å². The summed E-state index contributed by atoms with van der Waals surface area (Å²) in [5.41, 5.74) is 2.84. The SMILES string of the molecule is COC(=O)CCCn1c(C)cc(C(=O)COC(=O)Cc2cn3ccsc3n2)c1C. The molecule has 0 atom stereocenters. The number of esters is 2. The molecule has 3 rings (SSSR count). The van der Waals surface area contributed by atoms with Crippen LogP contribution in [0.3, 0.4) is 0 Å². The molecule has 3 aromatic rings. The highest BCUT2D eigenvalue weighted by Crippen LogP contribution is 2.17. The number of hydrogen-bond acceptors (Lipinski definition) is 7. The van der Waals surface area contributed by atoms with E-state index < -0.39 is 5.97 Å². The van der Waals surface area contributed by atoms with Gasteiger partial charge in [0.1, 0.15) is 0 Å². The van der Waals surface area contributed by atoms with Crippen molar-refractivity contribution in [1.29, 1.82) is 0 Å². The van der Waals surface area contributed by atoms with Crippen LogP contribution in [0.1, 0.15) is 40.3 Å². The molecule has 0 saturated carbocycles. The number of ketones is 1. The summed E-state index contributed by atoms with van der Waals surface area (Å²) >= 11 is 1.48. The molecule has 3 heterocycles. The first-order valence-corrected chi connectivity index (χ1v) is 10.1. The van der Waals surface area contributed by atoms with Crippen molar-refractivity contribution < 1.29 is 23.9 Å². The van der Waals surface area contributed by atoms with E-state index in [1.807, 2.05) is 34.4 Å². The molecule has 0 aromatic carbocycles. The number of carbonyl (C=O) groups excluding carboxylic acids is 3. The second-order valence-electron chi connectivity index (χ2n) is 6.70. The monoisotopic (exact) mass is 417 g/mol. The number of carbonyl (C=O) groups is 3. The highest BCUT2D eigenvalue weighted by atomic mass is 32.1. The molecule has 0 N–H and O–H groups in total. The highest BCUT2D eigenvalue weighted by molar-refractivity contribution is 7.15. The molecular formula is C20H23N3O5S. The van der Waals surface area contributed by atoms with Gasteiger partial charge in [-0.25, -0.2) is 4.98 Å². The lowest BCUT2D eigenvalue weighted by atomic mass is 10.1. The van der Waals surface area contributed by atoms with Gasteiger partial charge < -0.3 is 14.0 Å². The lowest BCUT2D eigenvalue weighted by Crippen LogP contribution is -2.16. The van der Waals surface area contributed by atoms with Crippen LogP contribution < -0.4 is 0 Å². The molecule has 3 aromatic heterocycles. The number of thiazole rings is 1. The number of nitrogens with zero attached hydrogens (tertiary/aromatic N) is 3. The summed E-state index contributed by atoms with van der Waals surface area (Å²) in [6.45, 7) is 4.04. The molecule has 0 aliphatic rings. The zero-order valence-electron chi connectivity index (χ0n) is 16.6. The van der Waals surface area contributed by atoms with E-state index in [2.05, 4.69) is 9.72 Å².